The highest BCUT2D eigenvalue weighted by molar-refractivity contribution is 5.95. The predicted octanol–water partition coefficient (Wildman–Crippen LogP) is 6.19. The summed E-state index contributed by atoms with van der Waals surface area (Å²) >= 11 is 0. The van der Waals surface area contributed by atoms with Crippen molar-refractivity contribution in [1.82, 2.24) is 29.9 Å². The fourth-order valence-electron chi connectivity index (χ4n) is 4.82. The number of nitrogens with zero attached hydrogens (tertiary/aromatic N) is 4. The molecular formula is C30H20N6O2. The molecule has 38 heavy (non-hydrogen) atoms. The highest BCUT2D eigenvalue weighted by Gasteiger charge is 2.16. The molecule has 2 aliphatic rings. The van der Waals surface area contributed by atoms with Gasteiger partial charge in [0.05, 0.1) is 22.4 Å². The number of pyridine rings is 2. The smallest absolute Gasteiger partial charge is 0.165 e. The monoisotopic (exact) mass is 496 g/mol. The van der Waals surface area contributed by atoms with Gasteiger partial charge in [0.2, 0.25) is 0 Å². The number of fused-ring (bicyclic) bond motifs is 8. The quantitative estimate of drug-likeness (QED) is 0.226. The molecule has 0 saturated heterocycles. The Kier molecular flexibility index (Phi) is 4.90. The van der Waals surface area contributed by atoms with Gasteiger partial charge in [-0.25, -0.2) is 9.97 Å². The maximum Gasteiger partial charge on any atom is 0.165 e. The van der Waals surface area contributed by atoms with Crippen molar-refractivity contribution < 1.29 is 10.2 Å². The SMILES string of the molecule is Oc1c2nc(c(-c3ccncc3)c3ccc([nH]3)c(O)c3nc(c(-c4ccncc4)c4ccc1[nH]4)C=C3)C=C2. The zero-order valence-corrected chi connectivity index (χ0v) is 19.9. The lowest BCUT2D eigenvalue weighted by atomic mass is 10.1. The van der Waals surface area contributed by atoms with Crippen LogP contribution in [-0.4, -0.2) is 40.1 Å². The molecule has 0 atom stereocenters. The normalized spacial score (nSPS) is 12.2. The number of aromatic hydroxyl groups is 2. The Morgan fingerprint density at radius 1 is 0.447 bits per heavy atom. The number of H-pyrrole nitrogens is 2. The first-order valence-corrected chi connectivity index (χ1v) is 12.0. The molecule has 0 radical (unpaired) electrons. The summed E-state index contributed by atoms with van der Waals surface area (Å²) in [4.78, 5) is 24.5. The van der Waals surface area contributed by atoms with E-state index in [4.69, 9.17) is 9.97 Å². The van der Waals surface area contributed by atoms with Crippen molar-refractivity contribution >= 4 is 46.4 Å². The molecule has 0 unspecified atom stereocenters. The van der Waals surface area contributed by atoms with E-state index in [-0.39, 0.29) is 11.5 Å². The zero-order valence-electron chi connectivity index (χ0n) is 19.9. The average Bonchev–Trinajstić information content (AvgIpc) is 3.77. The molecular weight excluding hydrogens is 476 g/mol. The Bertz CT molecular complexity index is 1790. The Morgan fingerprint density at radius 3 is 1.24 bits per heavy atom. The molecule has 7 heterocycles. The summed E-state index contributed by atoms with van der Waals surface area (Å²) in [6, 6.07) is 15.0. The van der Waals surface area contributed by atoms with Crippen molar-refractivity contribution in [2.45, 2.75) is 0 Å². The summed E-state index contributed by atoms with van der Waals surface area (Å²) in [6.45, 7) is 0. The molecule has 182 valence electrons. The van der Waals surface area contributed by atoms with E-state index in [0.717, 1.165) is 33.3 Å². The molecule has 5 aromatic heterocycles. The van der Waals surface area contributed by atoms with Gasteiger partial charge in [-0.05, 0) is 84.0 Å². The molecule has 8 bridgehead atoms. The van der Waals surface area contributed by atoms with Crippen molar-refractivity contribution in [3.05, 3.63) is 96.1 Å². The van der Waals surface area contributed by atoms with Crippen LogP contribution in [-0.2, 0) is 0 Å². The van der Waals surface area contributed by atoms with Gasteiger partial charge in [-0.2, -0.15) is 0 Å². The number of hydrogen-bond donors (Lipinski definition) is 4. The van der Waals surface area contributed by atoms with Gasteiger partial charge in [0, 0.05) is 46.9 Å². The molecule has 0 saturated carbocycles. The summed E-state index contributed by atoms with van der Waals surface area (Å²) in [5.41, 5.74) is 8.19. The number of aromatic amines is 2. The van der Waals surface area contributed by atoms with E-state index in [1.54, 1.807) is 36.9 Å². The molecule has 2 aliphatic heterocycles. The fourth-order valence-corrected chi connectivity index (χ4v) is 4.82. The number of nitrogens with one attached hydrogen (secondary N) is 2. The molecule has 0 spiro atoms. The minimum absolute atomic E-state index is 0.0343. The number of hydrogen-bond acceptors (Lipinski definition) is 6. The molecule has 7 rings (SSSR count). The molecule has 0 amide bonds. The van der Waals surface area contributed by atoms with Gasteiger partial charge in [0.1, 0.15) is 11.4 Å². The third-order valence-corrected chi connectivity index (χ3v) is 6.64. The Morgan fingerprint density at radius 2 is 0.816 bits per heavy atom. The number of rotatable bonds is 2. The first-order chi connectivity index (χ1) is 18.7. The van der Waals surface area contributed by atoms with Crippen molar-refractivity contribution in [2.24, 2.45) is 0 Å². The second-order valence-corrected chi connectivity index (χ2v) is 8.92. The second-order valence-electron chi connectivity index (χ2n) is 8.92. The van der Waals surface area contributed by atoms with E-state index < -0.39 is 0 Å². The van der Waals surface area contributed by atoms with Crippen molar-refractivity contribution in [1.29, 1.82) is 0 Å². The Hall–Kier alpha value is -5.50. The van der Waals surface area contributed by atoms with Crippen LogP contribution in [0.15, 0.2) is 73.3 Å². The molecule has 0 aromatic carbocycles. The average molecular weight is 497 g/mol. The van der Waals surface area contributed by atoms with Crippen LogP contribution in [0, 0.1) is 0 Å². The van der Waals surface area contributed by atoms with Crippen LogP contribution in [0.4, 0.5) is 0 Å². The first-order valence-electron chi connectivity index (χ1n) is 12.0. The van der Waals surface area contributed by atoms with Crippen LogP contribution < -0.4 is 0 Å². The molecule has 4 N–H and O–H groups in total. The maximum atomic E-state index is 11.2. The summed E-state index contributed by atoms with van der Waals surface area (Å²) in [5, 5.41) is 22.4. The lowest BCUT2D eigenvalue weighted by Gasteiger charge is -2.04. The third-order valence-electron chi connectivity index (χ3n) is 6.64. The van der Waals surface area contributed by atoms with Gasteiger partial charge in [-0.3, -0.25) is 9.97 Å². The van der Waals surface area contributed by atoms with E-state index in [2.05, 4.69) is 19.9 Å². The molecule has 0 aliphatic carbocycles. The lowest BCUT2D eigenvalue weighted by Crippen LogP contribution is -1.87. The topological polar surface area (TPSA) is 124 Å². The van der Waals surface area contributed by atoms with E-state index in [1.165, 1.54) is 0 Å². The number of aromatic nitrogens is 6. The van der Waals surface area contributed by atoms with Gasteiger partial charge in [-0.1, -0.05) is 0 Å². The lowest BCUT2D eigenvalue weighted by molar-refractivity contribution is 0.477. The van der Waals surface area contributed by atoms with Gasteiger partial charge in [0.25, 0.3) is 0 Å². The first kappa shape index (κ1) is 21.8. The van der Waals surface area contributed by atoms with Gasteiger partial charge < -0.3 is 20.2 Å². The van der Waals surface area contributed by atoms with Crippen LogP contribution in [0.5, 0.6) is 11.5 Å². The highest BCUT2D eigenvalue weighted by Crippen LogP contribution is 2.36. The van der Waals surface area contributed by atoms with Crippen molar-refractivity contribution in [2.75, 3.05) is 0 Å². The van der Waals surface area contributed by atoms with E-state index in [0.29, 0.717) is 33.8 Å². The molecule has 8 heteroatoms. The predicted molar refractivity (Wildman–Crippen MR) is 149 cm³/mol. The molecule has 5 aromatic rings. The molecule has 0 fully saturated rings. The summed E-state index contributed by atoms with van der Waals surface area (Å²) < 4.78 is 0. The zero-order chi connectivity index (χ0) is 25.6. The highest BCUT2D eigenvalue weighted by atomic mass is 16.3. The molecule has 8 nitrogen and oxygen atoms in total. The standard InChI is InChI=1S/C30H20N6O2/c37-29-23-5-1-19(33-23)27(17-9-13-31-14-10-17)20-2-6-25(34-20)30(38)26-8-4-22(36-26)28(18-11-15-32-16-12-18)21-3-7-24(29)35-21/h1-16,33,36-38H. The van der Waals surface area contributed by atoms with E-state index >= 15 is 0 Å². The van der Waals surface area contributed by atoms with Crippen LogP contribution in [0.2, 0.25) is 0 Å². The summed E-state index contributed by atoms with van der Waals surface area (Å²) in [5.74, 6) is 0.0686. The summed E-state index contributed by atoms with van der Waals surface area (Å²) in [7, 11) is 0. The van der Waals surface area contributed by atoms with Crippen LogP contribution in [0.25, 0.3) is 68.6 Å². The minimum atomic E-state index is 0.0343. The third kappa shape index (κ3) is 3.55. The van der Waals surface area contributed by atoms with Crippen LogP contribution >= 0.6 is 0 Å². The van der Waals surface area contributed by atoms with E-state index in [9.17, 15) is 10.2 Å². The minimum Gasteiger partial charge on any atom is -0.504 e. The Balaban J connectivity index is 1.64. The van der Waals surface area contributed by atoms with Gasteiger partial charge >= 0.3 is 0 Å². The van der Waals surface area contributed by atoms with Crippen LogP contribution in [0.3, 0.4) is 0 Å². The van der Waals surface area contributed by atoms with Crippen LogP contribution in [0.1, 0.15) is 22.8 Å². The largest absolute Gasteiger partial charge is 0.504 e. The van der Waals surface area contributed by atoms with Gasteiger partial charge in [0.15, 0.2) is 11.5 Å². The second kappa shape index (κ2) is 8.56. The Labute approximate surface area is 216 Å². The summed E-state index contributed by atoms with van der Waals surface area (Å²) in [6.07, 6.45) is 14.2. The van der Waals surface area contributed by atoms with Crippen molar-refractivity contribution in [3.8, 4) is 33.8 Å². The van der Waals surface area contributed by atoms with Gasteiger partial charge in [-0.15, -0.1) is 0 Å². The van der Waals surface area contributed by atoms with Crippen molar-refractivity contribution in [3.63, 3.8) is 0 Å². The van der Waals surface area contributed by atoms with E-state index in [1.807, 2.05) is 60.7 Å². The maximum absolute atomic E-state index is 11.2. The fraction of sp³-hybridized carbons (Fsp3) is 0.